The van der Waals surface area contributed by atoms with Gasteiger partial charge in [-0.05, 0) is 67.9 Å². The van der Waals surface area contributed by atoms with Gasteiger partial charge in [0.2, 0.25) is 0 Å². The summed E-state index contributed by atoms with van der Waals surface area (Å²) in [4.78, 5) is 15.3. The molecule has 10 heteroatoms. The van der Waals surface area contributed by atoms with Crippen LogP contribution in [-0.2, 0) is 21.0 Å². The molecule has 0 radical (unpaired) electrons. The number of thioether (sulfide) groups is 1. The van der Waals surface area contributed by atoms with Crippen molar-refractivity contribution in [3.8, 4) is 0 Å². The third-order valence-electron chi connectivity index (χ3n) is 3.68. The Morgan fingerprint density at radius 2 is 2.00 bits per heavy atom. The van der Waals surface area contributed by atoms with Gasteiger partial charge in [-0.2, -0.15) is 13.2 Å². The van der Waals surface area contributed by atoms with Crippen LogP contribution in [0.5, 0.6) is 0 Å². The van der Waals surface area contributed by atoms with Crippen LogP contribution in [0, 0.1) is 5.92 Å². The summed E-state index contributed by atoms with van der Waals surface area (Å²) in [5.74, 6) is 1.02. The molecule has 2 N–H and O–H groups in total. The molecule has 0 aliphatic heterocycles. The molecular weight excluding hydrogens is 433 g/mol. The van der Waals surface area contributed by atoms with Crippen LogP contribution in [0.25, 0.3) is 0 Å². The third-order valence-corrected chi connectivity index (χ3v) is 4.42. The maximum Gasteiger partial charge on any atom is 0.446 e. The molecule has 0 aromatic heterocycles. The Morgan fingerprint density at radius 1 is 1.32 bits per heavy atom. The Morgan fingerprint density at radius 3 is 2.52 bits per heavy atom. The maximum absolute atomic E-state index is 12.2. The summed E-state index contributed by atoms with van der Waals surface area (Å²) in [6.45, 7) is 6.96. The van der Waals surface area contributed by atoms with Crippen LogP contribution in [0.3, 0.4) is 0 Å². The van der Waals surface area contributed by atoms with Crippen LogP contribution < -0.4 is 5.32 Å². The van der Waals surface area contributed by atoms with Gasteiger partial charge < -0.3 is 24.8 Å². The number of ether oxygens (including phenoxy) is 1. The van der Waals surface area contributed by atoms with Crippen molar-refractivity contribution in [1.82, 2.24) is 5.32 Å². The first kappa shape index (κ1) is 29.1. The Labute approximate surface area is 185 Å². The van der Waals surface area contributed by atoms with E-state index >= 15 is 0 Å². The molecule has 31 heavy (non-hydrogen) atoms. The molecule has 0 fully saturated rings. The molecule has 176 valence electrons. The molecule has 0 aliphatic carbocycles. The highest BCUT2D eigenvalue weighted by atomic mass is 32.2. The first-order valence-corrected chi connectivity index (χ1v) is 10.5. The Balaban J connectivity index is 0.000000954. The van der Waals surface area contributed by atoms with Crippen molar-refractivity contribution in [2.75, 3.05) is 26.8 Å². The van der Waals surface area contributed by atoms with Gasteiger partial charge in [0.25, 0.3) is 0 Å². The second-order valence-electron chi connectivity index (χ2n) is 6.49. The average Bonchev–Trinajstić information content (AvgIpc) is 2.69. The molecule has 6 nitrogen and oxygen atoms in total. The van der Waals surface area contributed by atoms with Crippen molar-refractivity contribution in [1.29, 1.82) is 0 Å². The first-order chi connectivity index (χ1) is 14.8. The number of alkyl halides is 3. The molecule has 0 bridgehead atoms. The number of nitrogens with zero attached hydrogens (tertiary/aromatic N) is 1. The number of aldehydes is 1. The van der Waals surface area contributed by atoms with Gasteiger partial charge in [-0.25, -0.2) is 0 Å². The van der Waals surface area contributed by atoms with E-state index in [1.807, 2.05) is 7.05 Å². The topological polar surface area (TPSA) is 80.2 Å². The Kier molecular flexibility index (Phi) is 16.7. The number of hydrogen-bond donors (Lipinski definition) is 2. The smallest absolute Gasteiger partial charge is 0.396 e. The lowest BCUT2D eigenvalue weighted by Gasteiger charge is -2.08. The molecule has 0 aliphatic rings. The highest BCUT2D eigenvalue weighted by Crippen LogP contribution is 2.36. The number of carbonyl (C=O) groups excluding carboxylic acids is 1. The highest BCUT2D eigenvalue weighted by Gasteiger charge is 2.28. The lowest BCUT2D eigenvalue weighted by Crippen LogP contribution is -2.16. The summed E-state index contributed by atoms with van der Waals surface area (Å²) in [5.41, 5.74) is -3.57. The lowest BCUT2D eigenvalue weighted by molar-refractivity contribution is -0.107. The summed E-state index contributed by atoms with van der Waals surface area (Å²) >= 11 is -0.162. The van der Waals surface area contributed by atoms with Crippen LogP contribution in [0.15, 0.2) is 46.2 Å². The van der Waals surface area contributed by atoms with Crippen molar-refractivity contribution < 1.29 is 32.6 Å². The predicted octanol–water partition coefficient (Wildman–Crippen LogP) is 4.53. The summed E-state index contributed by atoms with van der Waals surface area (Å²) < 4.78 is 42.1. The van der Waals surface area contributed by atoms with Gasteiger partial charge in [-0.1, -0.05) is 24.2 Å². The number of allylic oxidation sites excluding steroid dienone is 1. The van der Waals surface area contributed by atoms with Crippen LogP contribution in [0.2, 0.25) is 0 Å². The summed E-state index contributed by atoms with van der Waals surface area (Å²) in [6, 6.07) is 5.91. The summed E-state index contributed by atoms with van der Waals surface area (Å²) in [5, 5.41) is 14.8. The second-order valence-corrected chi connectivity index (χ2v) is 7.63. The minimum atomic E-state index is -4.30. The number of aliphatic hydroxyl groups is 1. The van der Waals surface area contributed by atoms with E-state index in [0.29, 0.717) is 31.1 Å². The second kappa shape index (κ2) is 17.8. The van der Waals surface area contributed by atoms with Crippen molar-refractivity contribution in [3.05, 3.63) is 41.7 Å². The highest BCUT2D eigenvalue weighted by molar-refractivity contribution is 8.00. The van der Waals surface area contributed by atoms with Crippen molar-refractivity contribution >= 4 is 24.8 Å². The monoisotopic (exact) mass is 464 g/mol. The number of aliphatic hydroxyl groups excluding tert-OH is 1. The minimum Gasteiger partial charge on any atom is -0.396 e. The summed E-state index contributed by atoms with van der Waals surface area (Å²) in [7, 11) is 1.92. The molecule has 1 rings (SSSR count). The van der Waals surface area contributed by atoms with Crippen molar-refractivity contribution in [2.45, 2.75) is 43.2 Å². The van der Waals surface area contributed by atoms with E-state index in [2.05, 4.69) is 24.1 Å². The standard InChI is InChI=1S/C15H16F3NO3S.C6H15NO/c1-19-22-13(4-2-3-9-20)11-21-10-12-5-7-14(8-6-12)23-15(16,17)18;1-6(3-4-8)5-7-2/h4-9H,1-3,10-11H2;6-8H,3-5H2,1-2H3/b13-4-;. The first-order valence-electron chi connectivity index (χ1n) is 9.69. The van der Waals surface area contributed by atoms with Gasteiger partial charge in [0.1, 0.15) is 12.9 Å². The normalized spacial score (nSPS) is 12.5. The Hall–Kier alpha value is -1.88. The molecule has 0 heterocycles. The number of nitrogens with one attached hydrogen (secondary N) is 1. The van der Waals surface area contributed by atoms with E-state index in [-0.39, 0.29) is 29.9 Å². The fourth-order valence-corrected chi connectivity index (χ4v) is 2.78. The zero-order chi connectivity index (χ0) is 23.5. The predicted molar refractivity (Wildman–Crippen MR) is 117 cm³/mol. The number of unbranched alkanes of at least 4 members (excludes halogenated alkanes) is 1. The number of halogens is 3. The van der Waals surface area contributed by atoms with Gasteiger partial charge in [0.15, 0.2) is 5.76 Å². The lowest BCUT2D eigenvalue weighted by atomic mass is 10.1. The average molecular weight is 465 g/mol. The molecule has 0 saturated heterocycles. The number of hydrogen-bond acceptors (Lipinski definition) is 7. The third kappa shape index (κ3) is 17.5. The quantitative estimate of drug-likeness (QED) is 0.105. The van der Waals surface area contributed by atoms with Gasteiger partial charge in [0.05, 0.1) is 6.61 Å². The number of oxime groups is 1. The molecule has 0 amide bonds. The van der Waals surface area contributed by atoms with E-state index in [1.165, 1.54) is 12.1 Å². The molecule has 0 saturated carbocycles. The van der Waals surface area contributed by atoms with Crippen molar-refractivity contribution in [2.24, 2.45) is 11.1 Å². The molecular formula is C21H31F3N2O4S. The Bertz CT molecular complexity index is 635. The maximum atomic E-state index is 12.2. The zero-order valence-electron chi connectivity index (χ0n) is 17.9. The van der Waals surface area contributed by atoms with Gasteiger partial charge in [-0.15, -0.1) is 0 Å². The molecule has 1 aromatic rings. The van der Waals surface area contributed by atoms with Gasteiger partial charge >= 0.3 is 5.51 Å². The molecule has 1 unspecified atom stereocenters. The van der Waals surface area contributed by atoms with Crippen molar-refractivity contribution in [3.63, 3.8) is 0 Å². The molecule has 1 aromatic carbocycles. The van der Waals surface area contributed by atoms with Gasteiger partial charge in [0, 0.05) is 24.6 Å². The number of benzene rings is 1. The van der Waals surface area contributed by atoms with Crippen LogP contribution >= 0.6 is 11.8 Å². The van der Waals surface area contributed by atoms with E-state index in [4.69, 9.17) is 14.7 Å². The fraction of sp³-hybridized carbons (Fsp3) is 0.524. The summed E-state index contributed by atoms with van der Waals surface area (Å²) in [6.07, 6.45) is 4.23. The molecule has 1 atom stereocenters. The van der Waals surface area contributed by atoms with E-state index in [0.717, 1.165) is 24.8 Å². The van der Waals surface area contributed by atoms with Crippen LogP contribution in [0.4, 0.5) is 13.2 Å². The SMILES string of the molecule is C=NO/C(=C\CCC=O)COCc1ccc(SC(F)(F)F)cc1.CNCC(C)CCO. The van der Waals surface area contributed by atoms with Crippen LogP contribution in [0.1, 0.15) is 31.7 Å². The van der Waals surface area contributed by atoms with E-state index in [9.17, 15) is 18.0 Å². The zero-order valence-corrected chi connectivity index (χ0v) is 18.7. The fourth-order valence-electron chi connectivity index (χ4n) is 2.25. The largest absolute Gasteiger partial charge is 0.446 e. The number of rotatable bonds is 14. The number of carbonyl (C=O) groups is 1. The van der Waals surface area contributed by atoms with Gasteiger partial charge in [-0.3, -0.25) is 0 Å². The van der Waals surface area contributed by atoms with Crippen LogP contribution in [-0.4, -0.2) is 50.4 Å². The minimum absolute atomic E-state index is 0.120. The van der Waals surface area contributed by atoms with E-state index in [1.54, 1.807) is 18.2 Å². The molecule has 0 spiro atoms. The van der Waals surface area contributed by atoms with E-state index < -0.39 is 5.51 Å².